The number of aliphatic imine (C=N–C) groups is 1. The number of urea groups is 1. The minimum Gasteiger partial charge on any atom is -0.331 e. The highest BCUT2D eigenvalue weighted by Crippen LogP contribution is 2.30. The van der Waals surface area contributed by atoms with Gasteiger partial charge in [-0.25, -0.2) is 9.79 Å². The van der Waals surface area contributed by atoms with Gasteiger partial charge in [0.2, 0.25) is 0 Å². The molecule has 1 fully saturated rings. The standard InChI is InChI=1S/C22H24N4O2S/c1-15-7-6-10-17(13-15)14-26-18-19(25(2)21(28)24-20(18)27)23-22(26)29-12-11-16-8-4-3-5-9-16/h3-10,13,18-19H,11-12,14H2,1-2H3,(H,24,27,28). The van der Waals surface area contributed by atoms with Crippen LogP contribution < -0.4 is 5.32 Å². The number of rotatable bonds is 5. The van der Waals surface area contributed by atoms with Crippen molar-refractivity contribution in [2.45, 2.75) is 32.1 Å². The van der Waals surface area contributed by atoms with E-state index in [2.05, 4.69) is 42.6 Å². The molecule has 0 aliphatic carbocycles. The summed E-state index contributed by atoms with van der Waals surface area (Å²) in [5.74, 6) is 0.569. The molecule has 150 valence electrons. The van der Waals surface area contributed by atoms with E-state index in [-0.39, 0.29) is 5.91 Å². The topological polar surface area (TPSA) is 65.0 Å². The van der Waals surface area contributed by atoms with Crippen molar-refractivity contribution in [3.8, 4) is 0 Å². The second-order valence-electron chi connectivity index (χ2n) is 7.38. The molecule has 6 nitrogen and oxygen atoms in total. The summed E-state index contributed by atoms with van der Waals surface area (Å²) in [6.07, 6.45) is 0.430. The number of imide groups is 1. The molecule has 2 aliphatic heterocycles. The number of benzene rings is 2. The summed E-state index contributed by atoms with van der Waals surface area (Å²) in [5.41, 5.74) is 3.56. The predicted molar refractivity (Wildman–Crippen MR) is 116 cm³/mol. The molecule has 4 rings (SSSR count). The van der Waals surface area contributed by atoms with E-state index in [0.717, 1.165) is 22.9 Å². The van der Waals surface area contributed by atoms with Crippen molar-refractivity contribution in [3.05, 3.63) is 71.3 Å². The molecular formula is C22H24N4O2S. The SMILES string of the molecule is Cc1cccc(CN2C(SCCc3ccccc3)=NC3C2C(=O)NC(=O)N3C)c1. The van der Waals surface area contributed by atoms with E-state index in [1.54, 1.807) is 18.8 Å². The van der Waals surface area contributed by atoms with Crippen molar-refractivity contribution < 1.29 is 9.59 Å². The van der Waals surface area contributed by atoms with Crippen LogP contribution >= 0.6 is 11.8 Å². The fourth-order valence-electron chi connectivity index (χ4n) is 3.70. The van der Waals surface area contributed by atoms with Crippen LogP contribution in [0.5, 0.6) is 0 Å². The molecule has 0 radical (unpaired) electrons. The van der Waals surface area contributed by atoms with Gasteiger partial charge in [0.15, 0.2) is 17.4 Å². The summed E-state index contributed by atoms with van der Waals surface area (Å²) in [4.78, 5) is 33.0. The largest absolute Gasteiger partial charge is 0.331 e. The molecule has 2 unspecified atom stereocenters. The van der Waals surface area contributed by atoms with Crippen LogP contribution in [-0.4, -0.2) is 51.9 Å². The highest BCUT2D eigenvalue weighted by Gasteiger charge is 2.48. The summed E-state index contributed by atoms with van der Waals surface area (Å²) in [6, 6.07) is 17.7. The summed E-state index contributed by atoms with van der Waals surface area (Å²) in [5, 5.41) is 3.27. The average Bonchev–Trinajstić information content (AvgIpc) is 3.06. The second-order valence-corrected chi connectivity index (χ2v) is 8.44. The van der Waals surface area contributed by atoms with Gasteiger partial charge in [0.25, 0.3) is 5.91 Å². The molecule has 29 heavy (non-hydrogen) atoms. The van der Waals surface area contributed by atoms with E-state index < -0.39 is 18.2 Å². The Labute approximate surface area is 175 Å². The van der Waals surface area contributed by atoms with Gasteiger partial charge in [0, 0.05) is 19.3 Å². The maximum absolute atomic E-state index is 12.7. The maximum atomic E-state index is 12.7. The van der Waals surface area contributed by atoms with Gasteiger partial charge in [-0.05, 0) is 24.5 Å². The van der Waals surface area contributed by atoms with Crippen LogP contribution in [0.25, 0.3) is 0 Å². The van der Waals surface area contributed by atoms with E-state index in [9.17, 15) is 9.59 Å². The quantitative estimate of drug-likeness (QED) is 0.826. The molecule has 0 bridgehead atoms. The summed E-state index contributed by atoms with van der Waals surface area (Å²) in [7, 11) is 1.69. The number of amides is 3. The lowest BCUT2D eigenvalue weighted by atomic mass is 10.1. The normalized spacial score (nSPS) is 21.1. The zero-order valence-electron chi connectivity index (χ0n) is 16.5. The van der Waals surface area contributed by atoms with Gasteiger partial charge in [-0.15, -0.1) is 0 Å². The zero-order chi connectivity index (χ0) is 20.4. The number of nitrogens with one attached hydrogen (secondary N) is 1. The lowest BCUT2D eigenvalue weighted by Crippen LogP contribution is -2.63. The monoisotopic (exact) mass is 408 g/mol. The van der Waals surface area contributed by atoms with Crippen molar-refractivity contribution in [2.75, 3.05) is 12.8 Å². The van der Waals surface area contributed by atoms with E-state index in [4.69, 9.17) is 4.99 Å². The van der Waals surface area contributed by atoms with Crippen molar-refractivity contribution in [1.29, 1.82) is 0 Å². The molecule has 0 spiro atoms. The number of nitrogens with zero attached hydrogens (tertiary/aromatic N) is 3. The Morgan fingerprint density at radius 3 is 2.59 bits per heavy atom. The maximum Gasteiger partial charge on any atom is 0.325 e. The number of thioether (sulfide) groups is 1. The van der Waals surface area contributed by atoms with Gasteiger partial charge < -0.3 is 9.80 Å². The third-order valence-electron chi connectivity index (χ3n) is 5.22. The first-order chi connectivity index (χ1) is 14.0. The van der Waals surface area contributed by atoms with Crippen LogP contribution in [0.15, 0.2) is 59.6 Å². The molecule has 0 aromatic heterocycles. The van der Waals surface area contributed by atoms with Gasteiger partial charge in [0.1, 0.15) is 0 Å². The average molecular weight is 409 g/mol. The first-order valence-corrected chi connectivity index (χ1v) is 10.7. The molecule has 2 aromatic carbocycles. The van der Waals surface area contributed by atoms with Gasteiger partial charge in [0.05, 0.1) is 0 Å². The first-order valence-electron chi connectivity index (χ1n) is 9.67. The van der Waals surface area contributed by atoms with E-state index in [0.29, 0.717) is 6.54 Å². The van der Waals surface area contributed by atoms with Crippen LogP contribution in [0.2, 0.25) is 0 Å². The molecule has 2 aliphatic rings. The predicted octanol–water partition coefficient (Wildman–Crippen LogP) is 3.02. The Morgan fingerprint density at radius 2 is 1.83 bits per heavy atom. The van der Waals surface area contributed by atoms with E-state index >= 15 is 0 Å². The Bertz CT molecular complexity index is 947. The van der Waals surface area contributed by atoms with Crippen molar-refractivity contribution in [2.24, 2.45) is 4.99 Å². The summed E-state index contributed by atoms with van der Waals surface area (Å²) in [6.45, 7) is 2.63. The molecule has 2 atom stereocenters. The Balaban J connectivity index is 1.55. The summed E-state index contributed by atoms with van der Waals surface area (Å²) >= 11 is 1.64. The number of hydrogen-bond acceptors (Lipinski definition) is 5. The highest BCUT2D eigenvalue weighted by molar-refractivity contribution is 8.13. The number of carbonyl (C=O) groups is 2. The van der Waals surface area contributed by atoms with Crippen LogP contribution in [0.4, 0.5) is 4.79 Å². The van der Waals surface area contributed by atoms with E-state index in [1.807, 2.05) is 29.2 Å². The Morgan fingerprint density at radius 1 is 1.07 bits per heavy atom. The Hall–Kier alpha value is -2.80. The third kappa shape index (κ3) is 4.15. The molecule has 1 N–H and O–H groups in total. The van der Waals surface area contributed by atoms with Gasteiger partial charge in [-0.1, -0.05) is 71.9 Å². The number of hydrogen-bond donors (Lipinski definition) is 1. The molecule has 3 amide bonds. The van der Waals surface area contributed by atoms with Gasteiger partial charge in [-0.2, -0.15) is 0 Å². The lowest BCUT2D eigenvalue weighted by Gasteiger charge is -2.36. The van der Waals surface area contributed by atoms with Crippen molar-refractivity contribution >= 4 is 28.9 Å². The van der Waals surface area contributed by atoms with Crippen LogP contribution in [0.3, 0.4) is 0 Å². The lowest BCUT2D eigenvalue weighted by molar-refractivity contribution is -0.127. The number of likely N-dealkylation sites (N-methyl/N-ethyl adjacent to an activating group) is 1. The minimum absolute atomic E-state index is 0.284. The van der Waals surface area contributed by atoms with Gasteiger partial charge >= 0.3 is 6.03 Å². The Kier molecular flexibility index (Phi) is 5.58. The van der Waals surface area contributed by atoms with Gasteiger partial charge in [-0.3, -0.25) is 10.1 Å². The smallest absolute Gasteiger partial charge is 0.325 e. The molecule has 2 aromatic rings. The highest BCUT2D eigenvalue weighted by atomic mass is 32.2. The van der Waals surface area contributed by atoms with Crippen LogP contribution in [0.1, 0.15) is 16.7 Å². The number of amidine groups is 1. The van der Waals surface area contributed by atoms with Crippen molar-refractivity contribution in [3.63, 3.8) is 0 Å². The zero-order valence-corrected chi connectivity index (χ0v) is 17.4. The number of aryl methyl sites for hydroxylation is 2. The molecule has 2 heterocycles. The number of fused-ring (bicyclic) bond motifs is 1. The second kappa shape index (κ2) is 8.29. The molecule has 1 saturated heterocycles. The minimum atomic E-state index is -0.502. The molecule has 0 saturated carbocycles. The first kappa shape index (κ1) is 19.5. The van der Waals surface area contributed by atoms with Crippen molar-refractivity contribution in [1.82, 2.24) is 15.1 Å². The fraction of sp³-hybridized carbons (Fsp3) is 0.318. The number of carbonyl (C=O) groups excluding carboxylic acids is 2. The molecule has 7 heteroatoms. The summed E-state index contributed by atoms with van der Waals surface area (Å²) < 4.78 is 0. The van der Waals surface area contributed by atoms with E-state index in [1.165, 1.54) is 16.0 Å². The fourth-order valence-corrected chi connectivity index (χ4v) is 4.75. The third-order valence-corrected chi connectivity index (χ3v) is 6.23. The van der Waals surface area contributed by atoms with Crippen LogP contribution in [0, 0.1) is 6.92 Å². The van der Waals surface area contributed by atoms with Crippen LogP contribution in [-0.2, 0) is 17.8 Å². The molecular weight excluding hydrogens is 384 g/mol.